The summed E-state index contributed by atoms with van der Waals surface area (Å²) in [5, 5.41) is 3.00. The molecule has 0 saturated carbocycles. The van der Waals surface area contributed by atoms with Crippen LogP contribution in [0, 0.1) is 12.3 Å². The average molecular weight is 225 g/mol. The van der Waals surface area contributed by atoms with Crippen molar-refractivity contribution in [2.45, 2.75) is 6.04 Å². The zero-order chi connectivity index (χ0) is 8.97. The van der Waals surface area contributed by atoms with Crippen molar-refractivity contribution < 1.29 is 0 Å². The van der Waals surface area contributed by atoms with Crippen LogP contribution in [0.25, 0.3) is 0 Å². The molecule has 0 bridgehead atoms. The van der Waals surface area contributed by atoms with Crippen LogP contribution in [0.1, 0.15) is 11.6 Å². The fraction of sp³-hybridized carbons (Fsp3) is 0.222. The van der Waals surface area contributed by atoms with E-state index in [1.807, 2.05) is 13.1 Å². The van der Waals surface area contributed by atoms with E-state index in [0.29, 0.717) is 0 Å². The average Bonchev–Trinajstić information content (AvgIpc) is 2.07. The minimum atomic E-state index is -0.0602. The first-order valence-electron chi connectivity index (χ1n) is 3.51. The van der Waals surface area contributed by atoms with Gasteiger partial charge in [0, 0.05) is 22.4 Å². The lowest BCUT2D eigenvalue weighted by molar-refractivity contribution is 0.732. The Morgan fingerprint density at radius 2 is 2.42 bits per heavy atom. The molecule has 2 nitrogen and oxygen atoms in total. The van der Waals surface area contributed by atoms with Crippen LogP contribution in [-0.4, -0.2) is 12.0 Å². The van der Waals surface area contributed by atoms with E-state index in [1.54, 1.807) is 12.4 Å². The van der Waals surface area contributed by atoms with E-state index in [4.69, 9.17) is 6.42 Å². The molecule has 0 saturated heterocycles. The third kappa shape index (κ3) is 2.07. The Labute approximate surface area is 80.5 Å². The number of pyridine rings is 1. The number of aromatic nitrogens is 1. The van der Waals surface area contributed by atoms with Crippen molar-refractivity contribution in [2.24, 2.45) is 0 Å². The minimum Gasteiger partial charge on any atom is -0.303 e. The summed E-state index contributed by atoms with van der Waals surface area (Å²) in [6.45, 7) is 0. The first-order chi connectivity index (χ1) is 5.77. The van der Waals surface area contributed by atoms with Crippen LogP contribution in [0.4, 0.5) is 0 Å². The summed E-state index contributed by atoms with van der Waals surface area (Å²) >= 11 is 3.33. The van der Waals surface area contributed by atoms with Gasteiger partial charge in [-0.05, 0) is 29.0 Å². The number of rotatable bonds is 2. The first-order valence-corrected chi connectivity index (χ1v) is 4.31. The Bertz CT molecular complexity index is 304. The molecule has 3 heteroatoms. The van der Waals surface area contributed by atoms with E-state index in [1.165, 1.54) is 0 Å². The van der Waals surface area contributed by atoms with E-state index >= 15 is 0 Å². The quantitative estimate of drug-likeness (QED) is 0.775. The molecule has 0 radical (unpaired) electrons. The van der Waals surface area contributed by atoms with Gasteiger partial charge in [0.05, 0.1) is 6.04 Å². The second-order valence-electron chi connectivity index (χ2n) is 2.32. The molecule has 0 fully saturated rings. The highest BCUT2D eigenvalue weighted by Gasteiger charge is 2.04. The molecule has 1 aromatic heterocycles. The van der Waals surface area contributed by atoms with E-state index in [-0.39, 0.29) is 6.04 Å². The Morgan fingerprint density at radius 3 is 2.92 bits per heavy atom. The van der Waals surface area contributed by atoms with Gasteiger partial charge in [-0.25, -0.2) is 0 Å². The Morgan fingerprint density at radius 1 is 1.67 bits per heavy atom. The second-order valence-corrected chi connectivity index (χ2v) is 3.24. The molecule has 0 spiro atoms. The molecule has 12 heavy (non-hydrogen) atoms. The molecule has 1 heterocycles. The van der Waals surface area contributed by atoms with Crippen molar-refractivity contribution in [2.75, 3.05) is 7.05 Å². The summed E-state index contributed by atoms with van der Waals surface area (Å²) in [6.07, 6.45) is 8.79. The van der Waals surface area contributed by atoms with Crippen molar-refractivity contribution in [3.05, 3.63) is 28.5 Å². The van der Waals surface area contributed by atoms with Gasteiger partial charge < -0.3 is 5.32 Å². The Kier molecular flexibility index (Phi) is 3.27. The van der Waals surface area contributed by atoms with Gasteiger partial charge in [-0.1, -0.05) is 5.92 Å². The number of terminal acetylenes is 1. The minimum absolute atomic E-state index is 0.0602. The second kappa shape index (κ2) is 4.24. The monoisotopic (exact) mass is 224 g/mol. The van der Waals surface area contributed by atoms with Gasteiger partial charge in [0.2, 0.25) is 0 Å². The van der Waals surface area contributed by atoms with Crippen LogP contribution in [0.5, 0.6) is 0 Å². The Balaban J connectivity index is 2.95. The van der Waals surface area contributed by atoms with Crippen molar-refractivity contribution >= 4 is 15.9 Å². The molecular formula is C9H9BrN2. The van der Waals surface area contributed by atoms with Crippen molar-refractivity contribution in [1.29, 1.82) is 0 Å². The number of nitrogens with one attached hydrogen (secondary N) is 1. The van der Waals surface area contributed by atoms with E-state index < -0.39 is 0 Å². The zero-order valence-electron chi connectivity index (χ0n) is 6.71. The summed E-state index contributed by atoms with van der Waals surface area (Å²) < 4.78 is 0.940. The van der Waals surface area contributed by atoms with Gasteiger partial charge in [0.15, 0.2) is 0 Å². The van der Waals surface area contributed by atoms with Gasteiger partial charge in [0.1, 0.15) is 0 Å². The maximum Gasteiger partial charge on any atom is 0.0956 e. The van der Waals surface area contributed by atoms with Crippen LogP contribution >= 0.6 is 15.9 Å². The van der Waals surface area contributed by atoms with Crippen LogP contribution in [0.3, 0.4) is 0 Å². The zero-order valence-corrected chi connectivity index (χ0v) is 8.30. The predicted molar refractivity (Wildman–Crippen MR) is 52.6 cm³/mol. The van der Waals surface area contributed by atoms with Crippen molar-refractivity contribution in [3.8, 4) is 12.3 Å². The lowest BCUT2D eigenvalue weighted by Crippen LogP contribution is -2.14. The maximum absolute atomic E-state index is 5.31. The van der Waals surface area contributed by atoms with Crippen LogP contribution in [-0.2, 0) is 0 Å². The van der Waals surface area contributed by atoms with E-state index in [2.05, 4.69) is 32.2 Å². The molecule has 1 N–H and O–H groups in total. The molecular weight excluding hydrogens is 216 g/mol. The lowest BCUT2D eigenvalue weighted by atomic mass is 10.1. The molecule has 1 unspecified atom stereocenters. The normalized spacial score (nSPS) is 12.1. The van der Waals surface area contributed by atoms with Gasteiger partial charge in [-0.15, -0.1) is 6.42 Å². The standard InChI is InChI=1S/C9H9BrN2/c1-3-9(11-2)7-4-8(10)6-12-5-7/h1,4-6,9,11H,2H3. The predicted octanol–water partition coefficient (Wildman–Crippen LogP) is 1.74. The topological polar surface area (TPSA) is 24.9 Å². The molecule has 1 aromatic rings. The number of hydrogen-bond acceptors (Lipinski definition) is 2. The number of halogens is 1. The molecule has 0 aliphatic rings. The summed E-state index contributed by atoms with van der Waals surface area (Å²) in [6, 6.07) is 1.89. The highest BCUT2D eigenvalue weighted by atomic mass is 79.9. The SMILES string of the molecule is C#CC(NC)c1cncc(Br)c1. The summed E-state index contributed by atoms with van der Waals surface area (Å²) in [7, 11) is 1.82. The third-order valence-corrected chi connectivity index (χ3v) is 1.95. The summed E-state index contributed by atoms with van der Waals surface area (Å²) in [5.74, 6) is 2.62. The van der Waals surface area contributed by atoms with Crippen LogP contribution in [0.15, 0.2) is 22.9 Å². The van der Waals surface area contributed by atoms with E-state index in [0.717, 1.165) is 10.0 Å². The van der Waals surface area contributed by atoms with Gasteiger partial charge >= 0.3 is 0 Å². The fourth-order valence-electron chi connectivity index (χ4n) is 0.932. The van der Waals surface area contributed by atoms with Gasteiger partial charge in [-0.3, -0.25) is 4.98 Å². The lowest BCUT2D eigenvalue weighted by Gasteiger charge is -2.08. The number of hydrogen-bond donors (Lipinski definition) is 1. The molecule has 0 amide bonds. The summed E-state index contributed by atoms with van der Waals surface area (Å²) in [4.78, 5) is 4.02. The van der Waals surface area contributed by atoms with E-state index in [9.17, 15) is 0 Å². The molecule has 62 valence electrons. The van der Waals surface area contributed by atoms with Crippen LogP contribution < -0.4 is 5.32 Å². The first kappa shape index (κ1) is 9.24. The molecule has 0 aliphatic heterocycles. The highest BCUT2D eigenvalue weighted by Crippen LogP contribution is 2.15. The van der Waals surface area contributed by atoms with Crippen LogP contribution in [0.2, 0.25) is 0 Å². The maximum atomic E-state index is 5.31. The number of nitrogens with zero attached hydrogens (tertiary/aromatic N) is 1. The van der Waals surface area contributed by atoms with Crippen molar-refractivity contribution in [3.63, 3.8) is 0 Å². The third-order valence-electron chi connectivity index (χ3n) is 1.51. The highest BCUT2D eigenvalue weighted by molar-refractivity contribution is 9.10. The molecule has 1 rings (SSSR count). The van der Waals surface area contributed by atoms with Gasteiger partial charge in [0.25, 0.3) is 0 Å². The smallest absolute Gasteiger partial charge is 0.0956 e. The Hall–Kier alpha value is -0.850. The van der Waals surface area contributed by atoms with Crippen molar-refractivity contribution in [1.82, 2.24) is 10.3 Å². The molecule has 1 atom stereocenters. The van der Waals surface area contributed by atoms with Gasteiger partial charge in [-0.2, -0.15) is 0 Å². The summed E-state index contributed by atoms with van der Waals surface area (Å²) in [5.41, 5.74) is 0.995. The largest absolute Gasteiger partial charge is 0.303 e. The fourth-order valence-corrected chi connectivity index (χ4v) is 1.31. The molecule has 0 aromatic carbocycles. The molecule has 0 aliphatic carbocycles.